The highest BCUT2D eigenvalue weighted by Gasteiger charge is 2.26. The maximum absolute atomic E-state index is 5.28. The van der Waals surface area contributed by atoms with Gasteiger partial charge in [0.1, 0.15) is 0 Å². The molecular weight excluding hydrogens is 76.1 g/mol. The number of likely N-dealkylation sites (N-methyl/N-ethyl adjacent to an activating group) is 1. The normalized spacial score (nSPS) is 43.0. The Balaban J connectivity index is 2.09. The van der Waals surface area contributed by atoms with Gasteiger partial charge in [-0.15, -0.1) is 0 Å². The molecule has 1 rings (SSSR count). The number of hydrogen-bond donors (Lipinski definition) is 1. The molecule has 0 radical (unpaired) electrons. The smallest absolute Gasteiger partial charge is 0.0343 e. The van der Waals surface area contributed by atoms with Crippen LogP contribution >= 0.6 is 0 Å². The van der Waals surface area contributed by atoms with E-state index in [1.165, 1.54) is 6.54 Å². The molecule has 0 saturated carbocycles. The van der Waals surface area contributed by atoms with Crippen LogP contribution < -0.4 is 5.73 Å². The number of rotatable bonds is 1. The summed E-state index contributed by atoms with van der Waals surface area (Å²) >= 11 is 0. The lowest BCUT2D eigenvalue weighted by Crippen LogP contribution is -2.09. The van der Waals surface area contributed by atoms with Crippen molar-refractivity contribution in [3.63, 3.8) is 0 Å². The van der Waals surface area contributed by atoms with Gasteiger partial charge in [0, 0.05) is 19.1 Å². The highest BCUT2D eigenvalue weighted by molar-refractivity contribution is 4.85. The summed E-state index contributed by atoms with van der Waals surface area (Å²) in [5.41, 5.74) is 5.28. The topological polar surface area (TPSA) is 29.0 Å². The fraction of sp³-hybridized carbons (Fsp3) is 1.00. The first-order valence-corrected chi connectivity index (χ1v) is 2.25. The van der Waals surface area contributed by atoms with Crippen molar-refractivity contribution in [2.75, 3.05) is 20.1 Å². The van der Waals surface area contributed by atoms with E-state index < -0.39 is 0 Å². The van der Waals surface area contributed by atoms with Crippen LogP contribution in [0.3, 0.4) is 0 Å². The number of nitrogens with two attached hydrogens (primary N) is 1. The van der Waals surface area contributed by atoms with Crippen molar-refractivity contribution >= 4 is 0 Å². The van der Waals surface area contributed by atoms with Gasteiger partial charge in [0.15, 0.2) is 0 Å². The molecule has 2 heteroatoms. The Morgan fingerprint density at radius 2 is 2.50 bits per heavy atom. The molecular formula is C4H10N2. The van der Waals surface area contributed by atoms with E-state index in [4.69, 9.17) is 5.73 Å². The fourth-order valence-corrected chi connectivity index (χ4v) is 0.540. The van der Waals surface area contributed by atoms with E-state index in [-0.39, 0.29) is 0 Å². The quantitative estimate of drug-likeness (QED) is 0.426. The molecule has 2 nitrogen and oxygen atoms in total. The van der Waals surface area contributed by atoms with E-state index in [0.717, 1.165) is 6.54 Å². The third kappa shape index (κ3) is 0.533. The molecule has 2 N–H and O–H groups in total. The molecule has 0 aromatic rings. The van der Waals surface area contributed by atoms with Crippen LogP contribution in [0.4, 0.5) is 0 Å². The van der Waals surface area contributed by atoms with Gasteiger partial charge in [0.2, 0.25) is 0 Å². The first-order valence-electron chi connectivity index (χ1n) is 2.25. The molecule has 0 amide bonds. The minimum Gasteiger partial charge on any atom is -0.329 e. The Hall–Kier alpha value is -0.0800. The highest BCUT2D eigenvalue weighted by Crippen LogP contribution is 2.09. The molecule has 2 unspecified atom stereocenters. The van der Waals surface area contributed by atoms with Crippen molar-refractivity contribution in [1.82, 2.24) is 4.90 Å². The van der Waals surface area contributed by atoms with Crippen molar-refractivity contribution in [2.45, 2.75) is 6.04 Å². The zero-order chi connectivity index (χ0) is 4.57. The Morgan fingerprint density at radius 1 is 2.00 bits per heavy atom. The molecule has 0 spiro atoms. The zero-order valence-electron chi connectivity index (χ0n) is 4.02. The Bertz CT molecular complexity index is 51.5. The second-order valence-corrected chi connectivity index (χ2v) is 1.83. The van der Waals surface area contributed by atoms with Crippen LogP contribution in [0.25, 0.3) is 0 Å². The van der Waals surface area contributed by atoms with Gasteiger partial charge < -0.3 is 5.73 Å². The van der Waals surface area contributed by atoms with Crippen molar-refractivity contribution in [2.24, 2.45) is 5.73 Å². The molecule has 6 heavy (non-hydrogen) atoms. The van der Waals surface area contributed by atoms with Crippen molar-refractivity contribution in [3.05, 3.63) is 0 Å². The van der Waals surface area contributed by atoms with Gasteiger partial charge in [-0.1, -0.05) is 0 Å². The molecule has 1 saturated heterocycles. The predicted octanol–water partition coefficient (Wildman–Crippen LogP) is -0.741. The maximum Gasteiger partial charge on any atom is 0.0343 e. The third-order valence-electron chi connectivity index (χ3n) is 1.26. The summed E-state index contributed by atoms with van der Waals surface area (Å²) in [7, 11) is 2.08. The summed E-state index contributed by atoms with van der Waals surface area (Å²) in [6.45, 7) is 2.03. The van der Waals surface area contributed by atoms with Gasteiger partial charge in [0.25, 0.3) is 0 Å². The maximum atomic E-state index is 5.28. The summed E-state index contributed by atoms with van der Waals surface area (Å²) in [6, 6.07) is 0.713. The molecule has 0 aromatic heterocycles. The van der Waals surface area contributed by atoms with E-state index in [1.807, 2.05) is 0 Å². The molecule has 0 aromatic carbocycles. The van der Waals surface area contributed by atoms with E-state index in [1.54, 1.807) is 0 Å². The molecule has 1 aliphatic heterocycles. The van der Waals surface area contributed by atoms with Crippen LogP contribution in [-0.2, 0) is 0 Å². The number of hydrogen-bond acceptors (Lipinski definition) is 2. The van der Waals surface area contributed by atoms with Gasteiger partial charge in [-0.05, 0) is 7.05 Å². The second kappa shape index (κ2) is 1.21. The fourth-order valence-electron chi connectivity index (χ4n) is 0.540. The monoisotopic (exact) mass is 86.1 g/mol. The molecule has 36 valence electrons. The average Bonchev–Trinajstić information content (AvgIpc) is 2.19. The van der Waals surface area contributed by atoms with Crippen LogP contribution in [-0.4, -0.2) is 31.1 Å². The highest BCUT2D eigenvalue weighted by atomic mass is 15.3. The summed E-state index contributed by atoms with van der Waals surface area (Å²) < 4.78 is 0. The number of nitrogens with zero attached hydrogens (tertiary/aromatic N) is 1. The lowest BCUT2D eigenvalue weighted by Gasteiger charge is -1.83. The largest absolute Gasteiger partial charge is 0.329 e. The Labute approximate surface area is 37.9 Å². The molecule has 0 bridgehead atoms. The molecule has 2 atom stereocenters. The van der Waals surface area contributed by atoms with Gasteiger partial charge in [-0.2, -0.15) is 0 Å². The van der Waals surface area contributed by atoms with E-state index in [2.05, 4.69) is 11.9 Å². The van der Waals surface area contributed by atoms with Gasteiger partial charge >= 0.3 is 0 Å². The lowest BCUT2D eigenvalue weighted by molar-refractivity contribution is 0.618. The lowest BCUT2D eigenvalue weighted by atomic mass is 10.5. The van der Waals surface area contributed by atoms with Gasteiger partial charge in [-0.25, -0.2) is 0 Å². The molecule has 1 aliphatic rings. The standard InChI is InChI=1S/C4H10N2/c1-6-3-4(6)2-5/h4H,2-3,5H2,1H3. The first kappa shape index (κ1) is 4.09. The Morgan fingerprint density at radius 3 is 2.50 bits per heavy atom. The first-order chi connectivity index (χ1) is 2.84. The minimum atomic E-state index is 0.713. The van der Waals surface area contributed by atoms with Gasteiger partial charge in [-0.3, -0.25) is 4.90 Å². The van der Waals surface area contributed by atoms with Crippen LogP contribution in [0.2, 0.25) is 0 Å². The molecule has 0 aliphatic carbocycles. The molecule has 1 fully saturated rings. The van der Waals surface area contributed by atoms with Crippen LogP contribution in [0.15, 0.2) is 0 Å². The van der Waals surface area contributed by atoms with Crippen LogP contribution in [0.1, 0.15) is 0 Å². The summed E-state index contributed by atoms with van der Waals surface area (Å²) in [5, 5.41) is 0. The SMILES string of the molecule is CN1CC1CN. The summed E-state index contributed by atoms with van der Waals surface area (Å²) in [6.07, 6.45) is 0. The summed E-state index contributed by atoms with van der Waals surface area (Å²) in [4.78, 5) is 2.22. The average molecular weight is 86.1 g/mol. The van der Waals surface area contributed by atoms with Crippen LogP contribution in [0, 0.1) is 0 Å². The second-order valence-electron chi connectivity index (χ2n) is 1.83. The van der Waals surface area contributed by atoms with Crippen molar-refractivity contribution < 1.29 is 0 Å². The van der Waals surface area contributed by atoms with Gasteiger partial charge in [0.05, 0.1) is 0 Å². The van der Waals surface area contributed by atoms with Crippen LogP contribution in [0.5, 0.6) is 0 Å². The van der Waals surface area contributed by atoms with E-state index in [9.17, 15) is 0 Å². The van der Waals surface area contributed by atoms with Crippen molar-refractivity contribution in [3.8, 4) is 0 Å². The Kier molecular flexibility index (Phi) is 0.821. The summed E-state index contributed by atoms with van der Waals surface area (Å²) in [5.74, 6) is 0. The van der Waals surface area contributed by atoms with E-state index >= 15 is 0 Å². The third-order valence-corrected chi connectivity index (χ3v) is 1.26. The van der Waals surface area contributed by atoms with E-state index in [0.29, 0.717) is 6.04 Å². The molecule has 1 heterocycles. The van der Waals surface area contributed by atoms with Crippen molar-refractivity contribution in [1.29, 1.82) is 0 Å². The predicted molar refractivity (Wildman–Crippen MR) is 25.5 cm³/mol. The zero-order valence-corrected chi connectivity index (χ0v) is 4.02. The minimum absolute atomic E-state index is 0.713.